The fourth-order valence-corrected chi connectivity index (χ4v) is 0. The standard InChI is InChI=1S/3C2H4OS.Fe/c3*1-2(3)4;/h3*1H3,(H,3,4);/q;;;+3/p-3. The Bertz CT molecular complexity index is 121. The quantitative estimate of drug-likeness (QED) is 0.468. The third kappa shape index (κ3) is 35300. The average Bonchev–Trinajstić information content (AvgIpc) is 1.54. The molecule has 0 amide bonds. The van der Waals surface area contributed by atoms with E-state index in [1.165, 1.54) is 20.8 Å². The van der Waals surface area contributed by atoms with Gasteiger partial charge in [-0.3, -0.25) is 0 Å². The van der Waals surface area contributed by atoms with Gasteiger partial charge in [0.15, 0.2) is 0 Å². The molecule has 0 atom stereocenters. The summed E-state index contributed by atoms with van der Waals surface area (Å²) >= 11 is 11.9. The molecule has 0 aromatic rings. The third-order valence-corrected chi connectivity index (χ3v) is 0. The van der Waals surface area contributed by atoms with Crippen molar-refractivity contribution in [1.29, 1.82) is 0 Å². The topological polar surface area (TPSA) is 51.2 Å². The van der Waals surface area contributed by atoms with Crippen LogP contribution in [0.1, 0.15) is 20.8 Å². The Balaban J connectivity index is -0.0000000450. The van der Waals surface area contributed by atoms with Gasteiger partial charge in [0, 0.05) is 15.3 Å². The summed E-state index contributed by atoms with van der Waals surface area (Å²) in [5, 5.41) is -0.750. The molecule has 0 unspecified atom stereocenters. The number of carbonyl (C=O) groups is 3. The number of hydrogen-bond acceptors (Lipinski definition) is 6. The van der Waals surface area contributed by atoms with Crippen LogP contribution in [0.15, 0.2) is 0 Å². The number of hydrogen-bond donors (Lipinski definition) is 0. The molecule has 0 aromatic carbocycles. The van der Waals surface area contributed by atoms with Crippen LogP contribution in [0.25, 0.3) is 0 Å². The van der Waals surface area contributed by atoms with E-state index in [1.54, 1.807) is 0 Å². The molecule has 3 nitrogen and oxygen atoms in total. The van der Waals surface area contributed by atoms with Crippen molar-refractivity contribution in [2.45, 2.75) is 20.8 Å². The van der Waals surface area contributed by atoms with E-state index in [0.29, 0.717) is 0 Å². The normalized spacial score (nSPS) is 5.77. The van der Waals surface area contributed by atoms with Crippen molar-refractivity contribution in [1.82, 2.24) is 0 Å². The maximum absolute atomic E-state index is 9.26. The van der Waals surface area contributed by atoms with Crippen LogP contribution >= 0.6 is 0 Å². The molecular formula is C6H9FeO3S3. The van der Waals surface area contributed by atoms with E-state index in [4.69, 9.17) is 0 Å². The zero-order valence-corrected chi connectivity index (χ0v) is 10.9. The molecule has 0 saturated carbocycles. The molecule has 0 spiro atoms. The monoisotopic (exact) mass is 281 g/mol. The predicted molar refractivity (Wildman–Crippen MR) is 54.1 cm³/mol. The first-order chi connectivity index (χ1) is 5.20. The van der Waals surface area contributed by atoms with Crippen LogP contribution in [-0.4, -0.2) is 15.3 Å². The Hall–Kier alpha value is 0.189. The summed E-state index contributed by atoms with van der Waals surface area (Å²) in [5.74, 6) is 0. The third-order valence-electron chi connectivity index (χ3n) is 0. The first-order valence-corrected chi connectivity index (χ1v) is 3.95. The summed E-state index contributed by atoms with van der Waals surface area (Å²) in [4.78, 5) is 27.8. The summed E-state index contributed by atoms with van der Waals surface area (Å²) in [7, 11) is 0. The first kappa shape index (κ1) is 23.2. The molecule has 0 rings (SSSR count). The van der Waals surface area contributed by atoms with Gasteiger partial charge in [-0.25, -0.2) is 0 Å². The molecule has 1 radical (unpaired) electrons. The minimum Gasteiger partial charge on any atom is -0.742 e. The maximum atomic E-state index is 9.26. The van der Waals surface area contributed by atoms with Crippen molar-refractivity contribution in [2.75, 3.05) is 0 Å². The second-order valence-electron chi connectivity index (χ2n) is 1.47. The van der Waals surface area contributed by atoms with Gasteiger partial charge in [-0.15, -0.1) is 0 Å². The smallest absolute Gasteiger partial charge is 0.742 e. The zero-order chi connectivity index (χ0) is 10.7. The Kier molecular flexibility index (Phi) is 32.3. The Labute approximate surface area is 105 Å². The van der Waals surface area contributed by atoms with Gasteiger partial charge in [-0.05, 0) is 20.8 Å². The van der Waals surface area contributed by atoms with Crippen molar-refractivity contribution in [3.8, 4) is 0 Å². The molecular weight excluding hydrogens is 272 g/mol. The van der Waals surface area contributed by atoms with E-state index in [9.17, 15) is 14.4 Å². The molecule has 0 saturated heterocycles. The van der Waals surface area contributed by atoms with Gasteiger partial charge < -0.3 is 52.3 Å². The van der Waals surface area contributed by atoms with Crippen LogP contribution < -0.4 is 0 Å². The van der Waals surface area contributed by atoms with Crippen LogP contribution in [0.5, 0.6) is 0 Å². The summed E-state index contributed by atoms with van der Waals surface area (Å²) in [6.07, 6.45) is 0. The van der Waals surface area contributed by atoms with Gasteiger partial charge in [-0.1, -0.05) is 0 Å². The van der Waals surface area contributed by atoms with Crippen molar-refractivity contribution >= 4 is 53.2 Å². The van der Waals surface area contributed by atoms with Crippen LogP contribution in [0.4, 0.5) is 0 Å². The van der Waals surface area contributed by atoms with Crippen molar-refractivity contribution in [3.63, 3.8) is 0 Å². The van der Waals surface area contributed by atoms with Crippen LogP contribution in [-0.2, 0) is 69.3 Å². The molecule has 0 aliphatic carbocycles. The summed E-state index contributed by atoms with van der Waals surface area (Å²) < 4.78 is 0. The van der Waals surface area contributed by atoms with Gasteiger partial charge in [0.25, 0.3) is 0 Å². The van der Waals surface area contributed by atoms with Crippen molar-refractivity contribution in [2.24, 2.45) is 0 Å². The molecule has 0 fully saturated rings. The van der Waals surface area contributed by atoms with Crippen LogP contribution in [0, 0.1) is 0 Å². The summed E-state index contributed by atoms with van der Waals surface area (Å²) in [5.41, 5.74) is 0. The van der Waals surface area contributed by atoms with E-state index < -0.39 is 0 Å². The summed E-state index contributed by atoms with van der Waals surface area (Å²) in [6.45, 7) is 4.03. The summed E-state index contributed by atoms with van der Waals surface area (Å²) in [6, 6.07) is 0. The molecule has 0 bridgehead atoms. The van der Waals surface area contributed by atoms with Gasteiger partial charge in [0.05, 0.1) is 0 Å². The Morgan fingerprint density at radius 3 is 0.692 bits per heavy atom. The van der Waals surface area contributed by atoms with Crippen molar-refractivity contribution < 1.29 is 31.5 Å². The molecule has 0 N–H and O–H groups in total. The largest absolute Gasteiger partial charge is 3.00 e. The van der Waals surface area contributed by atoms with E-state index >= 15 is 0 Å². The number of carbonyl (C=O) groups excluding carboxylic acids is 3. The van der Waals surface area contributed by atoms with E-state index in [-0.39, 0.29) is 32.4 Å². The van der Waals surface area contributed by atoms with E-state index in [2.05, 4.69) is 37.9 Å². The Morgan fingerprint density at radius 1 is 0.692 bits per heavy atom. The fourth-order valence-electron chi connectivity index (χ4n) is 0. The molecule has 77 valence electrons. The predicted octanol–water partition coefficient (Wildman–Crippen LogP) is 0.237. The van der Waals surface area contributed by atoms with Gasteiger partial charge in [-0.2, -0.15) is 0 Å². The minimum absolute atomic E-state index is 0. The average molecular weight is 281 g/mol. The van der Waals surface area contributed by atoms with Gasteiger partial charge in [0.1, 0.15) is 0 Å². The fraction of sp³-hybridized carbons (Fsp3) is 0.500. The van der Waals surface area contributed by atoms with Crippen molar-refractivity contribution in [3.05, 3.63) is 0 Å². The maximum Gasteiger partial charge on any atom is 3.00 e. The van der Waals surface area contributed by atoms with Crippen LogP contribution in [0.2, 0.25) is 0 Å². The molecule has 7 heteroatoms. The molecule has 0 heterocycles. The molecule has 0 aromatic heterocycles. The van der Waals surface area contributed by atoms with Crippen LogP contribution in [0.3, 0.4) is 0 Å². The second kappa shape index (κ2) is 18.1. The minimum atomic E-state index is -0.250. The van der Waals surface area contributed by atoms with E-state index in [0.717, 1.165) is 0 Å². The first-order valence-electron chi connectivity index (χ1n) is 2.72. The Morgan fingerprint density at radius 2 is 0.692 bits per heavy atom. The van der Waals surface area contributed by atoms with Gasteiger partial charge >= 0.3 is 17.1 Å². The second-order valence-corrected chi connectivity index (χ2v) is 3.20. The van der Waals surface area contributed by atoms with E-state index in [1.807, 2.05) is 0 Å². The molecule has 0 aliphatic heterocycles. The molecule has 0 aliphatic rings. The SMILES string of the molecule is CC(=O)[S-].CC(=O)[S-].CC(=O)[S-].[Fe+3]. The van der Waals surface area contributed by atoms with Gasteiger partial charge in [0.2, 0.25) is 0 Å². The number of rotatable bonds is 0. The zero-order valence-electron chi connectivity index (χ0n) is 7.30. The molecule has 13 heavy (non-hydrogen) atoms.